The Morgan fingerprint density at radius 3 is 2.72 bits per heavy atom. The molecule has 0 spiro atoms. The lowest BCUT2D eigenvalue weighted by Gasteiger charge is -2.15. The molecule has 1 fully saturated rings. The van der Waals surface area contributed by atoms with Crippen LogP contribution in [-0.4, -0.2) is 24.4 Å². The first kappa shape index (κ1) is 13.5. The van der Waals surface area contributed by atoms with E-state index in [4.69, 9.17) is 4.74 Å². The molecule has 1 aliphatic rings. The molecule has 4 heteroatoms. The zero-order chi connectivity index (χ0) is 13.1. The van der Waals surface area contributed by atoms with Crippen molar-refractivity contribution in [2.45, 2.75) is 18.9 Å². The molecule has 1 aliphatic carbocycles. The lowest BCUT2D eigenvalue weighted by molar-refractivity contribution is 0.415. The molecule has 0 atom stereocenters. The summed E-state index contributed by atoms with van der Waals surface area (Å²) < 4.78 is 5.28. The van der Waals surface area contributed by atoms with Gasteiger partial charge in [-0.05, 0) is 36.3 Å². The summed E-state index contributed by atoms with van der Waals surface area (Å²) in [5.74, 6) is 1.91. The molecule has 1 saturated carbocycles. The average molecular weight is 277 g/mol. The number of anilines is 1. The maximum atomic E-state index is 5.28. The molecule has 0 saturated heterocycles. The number of ether oxygens (including phenoxy) is 1. The van der Waals surface area contributed by atoms with Gasteiger partial charge < -0.3 is 10.1 Å². The molecule has 2 nitrogen and oxygen atoms in total. The first-order chi connectivity index (χ1) is 8.69. The Balaban J connectivity index is 2.50. The number of rotatable bonds is 6. The van der Waals surface area contributed by atoms with Crippen LogP contribution in [0.2, 0.25) is 0 Å². The van der Waals surface area contributed by atoms with Crippen LogP contribution in [0.1, 0.15) is 29.5 Å². The van der Waals surface area contributed by atoms with Gasteiger partial charge in [-0.2, -0.15) is 0 Å². The Labute approximate surface area is 112 Å². The second kappa shape index (κ2) is 5.80. The molecular weight excluding hydrogens is 260 g/mol. The van der Waals surface area contributed by atoms with Crippen LogP contribution in [0.3, 0.4) is 0 Å². The van der Waals surface area contributed by atoms with Crippen LogP contribution < -0.4 is 5.32 Å². The fraction of sp³-hybridized carbons (Fsp3) is 0.286. The van der Waals surface area contributed by atoms with Crippen molar-refractivity contribution >= 4 is 40.8 Å². The van der Waals surface area contributed by atoms with E-state index in [0.717, 1.165) is 22.4 Å². The fourth-order valence-corrected chi connectivity index (χ4v) is 2.33. The summed E-state index contributed by atoms with van der Waals surface area (Å²) >= 11 is 0. The predicted molar refractivity (Wildman–Crippen MR) is 86.1 cm³/mol. The van der Waals surface area contributed by atoms with Gasteiger partial charge in [-0.15, -0.1) is 8.86 Å². The minimum absolute atomic E-state index is 0.601. The van der Waals surface area contributed by atoms with E-state index in [1.807, 2.05) is 17.9 Å². The molecule has 1 aromatic carbocycles. The Hall–Kier alpha value is -0.940. The highest BCUT2D eigenvalue weighted by molar-refractivity contribution is 7.21. The van der Waals surface area contributed by atoms with Gasteiger partial charge >= 0.3 is 0 Å². The molecule has 94 valence electrons. The summed E-state index contributed by atoms with van der Waals surface area (Å²) in [6.45, 7) is 3.83. The van der Waals surface area contributed by atoms with E-state index in [0.29, 0.717) is 11.5 Å². The van der Waals surface area contributed by atoms with Gasteiger partial charge in [0.15, 0.2) is 0 Å². The average Bonchev–Trinajstić information content (AvgIpc) is 3.20. The van der Waals surface area contributed by atoms with Crippen LogP contribution >= 0.6 is 17.7 Å². The second-order valence-electron chi connectivity index (χ2n) is 4.33. The fourth-order valence-electron chi connectivity index (χ4n) is 1.81. The minimum atomic E-state index is 0.601. The van der Waals surface area contributed by atoms with Gasteiger partial charge in [0.1, 0.15) is 5.48 Å². The zero-order valence-electron chi connectivity index (χ0n) is 10.4. The smallest absolute Gasteiger partial charge is 0.101 e. The van der Waals surface area contributed by atoms with Gasteiger partial charge in [-0.1, -0.05) is 21.5 Å². The number of hydrogen-bond donors (Lipinski definition) is 1. The monoisotopic (exact) mass is 277 g/mol. The number of nitrogens with one attached hydrogen (secondary N) is 1. The number of methoxy groups -OCH3 is 1. The minimum Gasteiger partial charge on any atom is -0.382 e. The van der Waals surface area contributed by atoms with Crippen LogP contribution in [0.15, 0.2) is 18.7 Å². The van der Waals surface area contributed by atoms with Gasteiger partial charge in [0, 0.05) is 30.0 Å². The quantitative estimate of drug-likeness (QED) is 0.804. The Kier molecular flexibility index (Phi) is 4.35. The van der Waals surface area contributed by atoms with E-state index in [2.05, 4.69) is 35.7 Å². The highest BCUT2D eigenvalue weighted by atomic mass is 31.0. The third-order valence-electron chi connectivity index (χ3n) is 2.97. The molecular formula is C14H17NOP2. The standard InChI is InChI=1S/C14H17NOP2/c1-3-9-6-11(14(18)16-2)12(8-17)13(7-9)15-10-4-5-10/h3,6-8,10,15,17-18H,1,4-5H2,2H3. The molecule has 0 unspecified atom stereocenters. The van der Waals surface area contributed by atoms with Crippen molar-refractivity contribution in [2.75, 3.05) is 12.4 Å². The molecule has 0 radical (unpaired) electrons. The summed E-state index contributed by atoms with van der Waals surface area (Å²) in [4.78, 5) is 0. The maximum absolute atomic E-state index is 5.28. The Morgan fingerprint density at radius 2 is 2.22 bits per heavy atom. The van der Waals surface area contributed by atoms with Crippen molar-refractivity contribution in [3.05, 3.63) is 35.4 Å². The molecule has 0 aliphatic heterocycles. The van der Waals surface area contributed by atoms with Crippen molar-refractivity contribution in [3.8, 4) is 0 Å². The molecule has 18 heavy (non-hydrogen) atoms. The van der Waals surface area contributed by atoms with Gasteiger partial charge in [-0.25, -0.2) is 0 Å². The summed E-state index contributed by atoms with van der Waals surface area (Å²) in [7, 11) is 8.63. The molecule has 0 aromatic heterocycles. The van der Waals surface area contributed by atoms with Crippen LogP contribution in [0, 0.1) is 0 Å². The van der Waals surface area contributed by atoms with Crippen LogP contribution in [0.4, 0.5) is 5.69 Å². The molecule has 0 bridgehead atoms. The Bertz CT molecular complexity index is 507. The van der Waals surface area contributed by atoms with Crippen molar-refractivity contribution in [1.82, 2.24) is 0 Å². The van der Waals surface area contributed by atoms with Crippen molar-refractivity contribution in [1.29, 1.82) is 0 Å². The lowest BCUT2D eigenvalue weighted by atomic mass is 10.0. The zero-order valence-corrected chi connectivity index (χ0v) is 12.4. The normalized spacial score (nSPS) is 14.1. The van der Waals surface area contributed by atoms with Crippen LogP contribution in [0.25, 0.3) is 6.08 Å². The largest absolute Gasteiger partial charge is 0.382 e. The molecule has 0 heterocycles. The highest BCUT2D eigenvalue weighted by Gasteiger charge is 2.22. The van der Waals surface area contributed by atoms with E-state index < -0.39 is 0 Å². The third kappa shape index (κ3) is 2.90. The Morgan fingerprint density at radius 1 is 1.50 bits per heavy atom. The SMILES string of the molecule is C=Cc1cc(NC2CC2)c(C=P)c(C(=P)OC)c1. The number of benzene rings is 1. The highest BCUT2D eigenvalue weighted by Crippen LogP contribution is 2.30. The maximum Gasteiger partial charge on any atom is 0.101 e. The van der Waals surface area contributed by atoms with Crippen molar-refractivity contribution in [2.24, 2.45) is 0 Å². The molecule has 1 aromatic rings. The first-order valence-electron chi connectivity index (χ1n) is 5.90. The predicted octanol–water partition coefficient (Wildman–Crippen LogP) is 3.46. The molecule has 0 amide bonds. The van der Waals surface area contributed by atoms with Gasteiger partial charge in [0.05, 0.1) is 0 Å². The van der Waals surface area contributed by atoms with Crippen LogP contribution in [-0.2, 0) is 4.74 Å². The van der Waals surface area contributed by atoms with E-state index in [1.54, 1.807) is 7.11 Å². The topological polar surface area (TPSA) is 21.3 Å². The number of hydrogen-bond acceptors (Lipinski definition) is 2. The first-order valence-corrected chi connectivity index (χ1v) is 6.97. The van der Waals surface area contributed by atoms with E-state index in [9.17, 15) is 0 Å². The van der Waals surface area contributed by atoms with E-state index >= 15 is 0 Å². The summed E-state index contributed by atoms with van der Waals surface area (Å²) in [5.41, 5.74) is 4.97. The molecule has 1 N–H and O–H groups in total. The third-order valence-corrected chi connectivity index (χ3v) is 3.73. The lowest BCUT2D eigenvalue weighted by Crippen LogP contribution is -2.10. The molecule has 2 rings (SSSR count). The summed E-state index contributed by atoms with van der Waals surface area (Å²) in [5, 5.41) is 3.53. The van der Waals surface area contributed by atoms with Crippen molar-refractivity contribution in [3.63, 3.8) is 0 Å². The van der Waals surface area contributed by atoms with Crippen molar-refractivity contribution < 1.29 is 4.74 Å². The van der Waals surface area contributed by atoms with Crippen LogP contribution in [0.5, 0.6) is 0 Å². The summed E-state index contributed by atoms with van der Waals surface area (Å²) in [6, 6.07) is 4.75. The van der Waals surface area contributed by atoms with E-state index in [1.165, 1.54) is 12.8 Å². The van der Waals surface area contributed by atoms with Gasteiger partial charge in [0.25, 0.3) is 0 Å². The van der Waals surface area contributed by atoms with E-state index in [-0.39, 0.29) is 0 Å². The second-order valence-corrected chi connectivity index (χ2v) is 5.07. The van der Waals surface area contributed by atoms with Gasteiger partial charge in [0.2, 0.25) is 0 Å². The summed E-state index contributed by atoms with van der Waals surface area (Å²) in [6.07, 6.45) is 4.32. The van der Waals surface area contributed by atoms with Gasteiger partial charge in [-0.3, -0.25) is 0 Å².